The van der Waals surface area contributed by atoms with E-state index in [0.717, 1.165) is 30.4 Å². The zero-order valence-corrected chi connectivity index (χ0v) is 15.8. The van der Waals surface area contributed by atoms with Gasteiger partial charge in [-0.25, -0.2) is 15.0 Å². The number of halogens is 1. The molecular formula is C21H22ClN5. The Kier molecular flexibility index (Phi) is 5.61. The highest BCUT2D eigenvalue weighted by Crippen LogP contribution is 2.32. The van der Waals surface area contributed by atoms with Crippen LogP contribution >= 0.6 is 11.6 Å². The van der Waals surface area contributed by atoms with E-state index >= 15 is 0 Å². The van der Waals surface area contributed by atoms with Gasteiger partial charge in [0, 0.05) is 36.2 Å². The molecule has 1 atom stereocenters. The Morgan fingerprint density at radius 3 is 2.56 bits per heavy atom. The standard InChI is InChI=1S/C21H22ClN5/c22-18-8-5-16(6-9-18)15-27-13-2-1-4-19(27)17-7-10-20(25-14-17)26-21-23-11-3-12-24-21/h3,5-12,14,19H,1-2,4,13,15H2,(H,23,24,25,26)/t19-/m1/s1. The highest BCUT2D eigenvalue weighted by molar-refractivity contribution is 6.30. The summed E-state index contributed by atoms with van der Waals surface area (Å²) in [4.78, 5) is 15.4. The molecule has 6 heteroatoms. The first kappa shape index (κ1) is 17.9. The van der Waals surface area contributed by atoms with Gasteiger partial charge in [-0.1, -0.05) is 36.2 Å². The maximum atomic E-state index is 6.02. The number of likely N-dealkylation sites (tertiary alicyclic amines) is 1. The van der Waals surface area contributed by atoms with E-state index in [2.05, 4.69) is 43.4 Å². The number of rotatable bonds is 5. The summed E-state index contributed by atoms with van der Waals surface area (Å²) in [5.41, 5.74) is 2.54. The van der Waals surface area contributed by atoms with Gasteiger partial charge in [0.1, 0.15) is 5.82 Å². The number of pyridine rings is 1. The molecule has 0 amide bonds. The first-order valence-electron chi connectivity index (χ1n) is 9.26. The van der Waals surface area contributed by atoms with Crippen LogP contribution in [-0.2, 0) is 6.54 Å². The normalized spacial score (nSPS) is 17.6. The Balaban J connectivity index is 1.47. The maximum Gasteiger partial charge on any atom is 0.228 e. The Morgan fingerprint density at radius 2 is 1.81 bits per heavy atom. The minimum absolute atomic E-state index is 0.393. The summed E-state index contributed by atoms with van der Waals surface area (Å²) in [6, 6.07) is 14.5. The van der Waals surface area contributed by atoms with Crippen LogP contribution in [0.4, 0.5) is 11.8 Å². The average molecular weight is 380 g/mol. The number of benzene rings is 1. The van der Waals surface area contributed by atoms with E-state index in [9.17, 15) is 0 Å². The fourth-order valence-electron chi connectivity index (χ4n) is 3.54. The number of nitrogens with one attached hydrogen (secondary N) is 1. The highest BCUT2D eigenvalue weighted by Gasteiger charge is 2.24. The number of aromatic nitrogens is 3. The molecule has 138 valence electrons. The number of hydrogen-bond acceptors (Lipinski definition) is 5. The summed E-state index contributed by atoms with van der Waals surface area (Å²) in [6.07, 6.45) is 9.03. The number of nitrogens with zero attached hydrogens (tertiary/aromatic N) is 4. The van der Waals surface area contributed by atoms with Crippen LogP contribution in [0.25, 0.3) is 0 Å². The third-order valence-corrected chi connectivity index (χ3v) is 5.14. The molecule has 27 heavy (non-hydrogen) atoms. The molecule has 1 N–H and O–H groups in total. The number of hydrogen-bond donors (Lipinski definition) is 1. The predicted molar refractivity (Wildman–Crippen MR) is 108 cm³/mol. The second-order valence-corrected chi connectivity index (χ2v) is 7.22. The lowest BCUT2D eigenvalue weighted by Gasteiger charge is -2.36. The summed E-state index contributed by atoms with van der Waals surface area (Å²) >= 11 is 6.02. The van der Waals surface area contributed by atoms with Crippen LogP contribution in [0, 0.1) is 0 Å². The van der Waals surface area contributed by atoms with Gasteiger partial charge < -0.3 is 5.32 Å². The first-order valence-corrected chi connectivity index (χ1v) is 9.64. The van der Waals surface area contributed by atoms with Crippen LogP contribution in [0.1, 0.15) is 36.4 Å². The molecule has 1 aliphatic heterocycles. The minimum Gasteiger partial charge on any atom is -0.309 e. The third-order valence-electron chi connectivity index (χ3n) is 4.89. The summed E-state index contributed by atoms with van der Waals surface area (Å²) in [5.74, 6) is 1.31. The van der Waals surface area contributed by atoms with Gasteiger partial charge in [-0.05, 0) is 54.8 Å². The lowest BCUT2D eigenvalue weighted by atomic mass is 9.95. The van der Waals surface area contributed by atoms with Gasteiger partial charge in [0.15, 0.2) is 0 Å². The van der Waals surface area contributed by atoms with E-state index in [1.54, 1.807) is 18.5 Å². The van der Waals surface area contributed by atoms with E-state index < -0.39 is 0 Å². The molecule has 2 aromatic heterocycles. The van der Waals surface area contributed by atoms with E-state index in [4.69, 9.17) is 11.6 Å². The molecule has 0 spiro atoms. The van der Waals surface area contributed by atoms with Crippen molar-refractivity contribution < 1.29 is 0 Å². The fraction of sp³-hybridized carbons (Fsp3) is 0.286. The van der Waals surface area contributed by atoms with Crippen molar-refractivity contribution in [2.75, 3.05) is 11.9 Å². The zero-order valence-electron chi connectivity index (χ0n) is 15.1. The van der Waals surface area contributed by atoms with E-state index in [-0.39, 0.29) is 0 Å². The summed E-state index contributed by atoms with van der Waals surface area (Å²) in [6.45, 7) is 2.03. The smallest absolute Gasteiger partial charge is 0.228 e. The molecule has 5 nitrogen and oxygen atoms in total. The van der Waals surface area contributed by atoms with Crippen molar-refractivity contribution in [3.63, 3.8) is 0 Å². The van der Waals surface area contributed by atoms with Crippen molar-refractivity contribution in [3.05, 3.63) is 77.2 Å². The van der Waals surface area contributed by atoms with Gasteiger partial charge in [0.2, 0.25) is 5.95 Å². The quantitative estimate of drug-likeness (QED) is 0.676. The molecule has 0 unspecified atom stereocenters. The van der Waals surface area contributed by atoms with Crippen molar-refractivity contribution in [1.82, 2.24) is 19.9 Å². The Labute approximate surface area is 164 Å². The van der Waals surface area contributed by atoms with Gasteiger partial charge in [0.25, 0.3) is 0 Å². The molecule has 3 heterocycles. The van der Waals surface area contributed by atoms with Gasteiger partial charge >= 0.3 is 0 Å². The number of piperidine rings is 1. The van der Waals surface area contributed by atoms with Gasteiger partial charge in [0.05, 0.1) is 0 Å². The van der Waals surface area contributed by atoms with E-state index in [1.165, 1.54) is 24.0 Å². The number of anilines is 2. The monoisotopic (exact) mass is 379 g/mol. The van der Waals surface area contributed by atoms with Crippen molar-refractivity contribution in [1.29, 1.82) is 0 Å². The van der Waals surface area contributed by atoms with E-state index in [1.807, 2.05) is 24.4 Å². The van der Waals surface area contributed by atoms with Crippen molar-refractivity contribution in [3.8, 4) is 0 Å². The van der Waals surface area contributed by atoms with Crippen molar-refractivity contribution >= 4 is 23.4 Å². The van der Waals surface area contributed by atoms with Crippen molar-refractivity contribution in [2.24, 2.45) is 0 Å². The molecule has 0 bridgehead atoms. The Bertz CT molecular complexity index is 852. The Hall–Kier alpha value is -2.50. The summed E-state index contributed by atoms with van der Waals surface area (Å²) in [5, 5.41) is 3.91. The average Bonchev–Trinajstić information content (AvgIpc) is 2.72. The SMILES string of the molecule is Clc1ccc(CN2CCCC[C@@H]2c2ccc(Nc3ncccn3)nc2)cc1. The largest absolute Gasteiger partial charge is 0.309 e. The molecule has 1 aromatic carbocycles. The highest BCUT2D eigenvalue weighted by atomic mass is 35.5. The summed E-state index contributed by atoms with van der Waals surface area (Å²) < 4.78 is 0. The second kappa shape index (κ2) is 8.46. The molecule has 0 saturated carbocycles. The lowest BCUT2D eigenvalue weighted by Crippen LogP contribution is -2.33. The molecule has 1 fully saturated rings. The topological polar surface area (TPSA) is 53.9 Å². The van der Waals surface area contributed by atoms with E-state index in [0.29, 0.717) is 12.0 Å². The molecule has 1 aliphatic rings. The van der Waals surface area contributed by atoms with Crippen molar-refractivity contribution in [2.45, 2.75) is 31.8 Å². The second-order valence-electron chi connectivity index (χ2n) is 6.78. The van der Waals surface area contributed by atoms with Gasteiger partial charge in [-0.15, -0.1) is 0 Å². The molecule has 0 radical (unpaired) electrons. The van der Waals surface area contributed by atoms with Gasteiger partial charge in [-0.2, -0.15) is 0 Å². The molecule has 3 aromatic rings. The molecule has 1 saturated heterocycles. The molecule has 4 rings (SSSR count). The van der Waals surface area contributed by atoms with Crippen LogP contribution in [0.2, 0.25) is 5.02 Å². The maximum absolute atomic E-state index is 6.02. The van der Waals surface area contributed by atoms with Crippen LogP contribution in [0.5, 0.6) is 0 Å². The fourth-order valence-corrected chi connectivity index (χ4v) is 3.66. The van der Waals surface area contributed by atoms with Gasteiger partial charge in [-0.3, -0.25) is 4.90 Å². The zero-order chi connectivity index (χ0) is 18.5. The third kappa shape index (κ3) is 4.62. The van der Waals surface area contributed by atoms with Crippen LogP contribution in [0.3, 0.4) is 0 Å². The predicted octanol–water partition coefficient (Wildman–Crippen LogP) is 5.00. The first-order chi connectivity index (χ1) is 13.3. The van der Waals surface area contributed by atoms with Crippen LogP contribution < -0.4 is 5.32 Å². The molecular weight excluding hydrogens is 358 g/mol. The molecule has 0 aliphatic carbocycles. The lowest BCUT2D eigenvalue weighted by molar-refractivity contribution is 0.140. The van der Waals surface area contributed by atoms with Crippen LogP contribution in [-0.4, -0.2) is 26.4 Å². The summed E-state index contributed by atoms with van der Waals surface area (Å²) in [7, 11) is 0. The van der Waals surface area contributed by atoms with Crippen LogP contribution in [0.15, 0.2) is 61.1 Å². The Morgan fingerprint density at radius 1 is 1.00 bits per heavy atom. The minimum atomic E-state index is 0.393.